The van der Waals surface area contributed by atoms with Crippen LogP contribution in [-0.2, 0) is 6.54 Å². The number of methoxy groups -OCH3 is 1. The van der Waals surface area contributed by atoms with Gasteiger partial charge >= 0.3 is 0 Å². The highest BCUT2D eigenvalue weighted by molar-refractivity contribution is 5.59. The number of benzene rings is 2. The number of halogens is 2. The summed E-state index contributed by atoms with van der Waals surface area (Å²) in [7, 11) is 1.57. The van der Waals surface area contributed by atoms with Crippen molar-refractivity contribution < 1.29 is 13.5 Å². The fourth-order valence-corrected chi connectivity index (χ4v) is 2.41. The van der Waals surface area contributed by atoms with Crippen LogP contribution in [0.25, 0.3) is 0 Å². The van der Waals surface area contributed by atoms with E-state index < -0.39 is 17.2 Å². The molecule has 0 unspecified atom stereocenters. The number of anilines is 2. The van der Waals surface area contributed by atoms with Crippen molar-refractivity contribution in [3.63, 3.8) is 0 Å². The second-order valence-corrected chi connectivity index (χ2v) is 5.63. The summed E-state index contributed by atoms with van der Waals surface area (Å²) >= 11 is 0. The molecule has 0 saturated carbocycles. The molecule has 26 heavy (non-hydrogen) atoms. The topological polar surface area (TPSA) is 69.0 Å². The molecule has 0 aliphatic carbocycles. The predicted molar refractivity (Wildman–Crippen MR) is 92.8 cm³/mol. The molecule has 0 aliphatic rings. The third kappa shape index (κ3) is 3.85. The Labute approximate surface area is 148 Å². The summed E-state index contributed by atoms with van der Waals surface area (Å²) in [6.45, 7) is 1.99. The monoisotopic (exact) mass is 358 g/mol. The third-order valence-corrected chi connectivity index (χ3v) is 3.76. The van der Waals surface area contributed by atoms with E-state index in [1.165, 1.54) is 10.7 Å². The predicted octanol–water partition coefficient (Wildman–Crippen LogP) is 3.03. The van der Waals surface area contributed by atoms with Gasteiger partial charge in [0, 0.05) is 5.69 Å². The Morgan fingerprint density at radius 1 is 1.15 bits per heavy atom. The van der Waals surface area contributed by atoms with Gasteiger partial charge in [-0.25, -0.2) is 13.5 Å². The van der Waals surface area contributed by atoms with Crippen LogP contribution in [0.5, 0.6) is 5.75 Å². The summed E-state index contributed by atoms with van der Waals surface area (Å²) in [4.78, 5) is 15.5. The summed E-state index contributed by atoms with van der Waals surface area (Å²) in [5.74, 6) is -0.981. The fourth-order valence-electron chi connectivity index (χ4n) is 2.41. The van der Waals surface area contributed by atoms with Crippen molar-refractivity contribution >= 4 is 11.6 Å². The van der Waals surface area contributed by atoms with Gasteiger partial charge in [-0.2, -0.15) is 10.1 Å². The quantitative estimate of drug-likeness (QED) is 0.759. The maximum absolute atomic E-state index is 13.4. The first kappa shape index (κ1) is 17.5. The second-order valence-electron chi connectivity index (χ2n) is 5.63. The fraction of sp³-hybridized carbons (Fsp3) is 0.167. The lowest BCUT2D eigenvalue weighted by atomic mass is 10.2. The number of rotatable bonds is 5. The summed E-state index contributed by atoms with van der Waals surface area (Å²) in [6.07, 6.45) is 1.06. The van der Waals surface area contributed by atoms with E-state index in [1.807, 2.05) is 13.0 Å². The lowest BCUT2D eigenvalue weighted by Gasteiger charge is -2.14. The Morgan fingerprint density at radius 3 is 2.65 bits per heavy atom. The second kappa shape index (κ2) is 7.30. The molecule has 134 valence electrons. The lowest BCUT2D eigenvalue weighted by Crippen LogP contribution is -2.19. The minimum Gasteiger partial charge on any atom is -0.497 e. The lowest BCUT2D eigenvalue weighted by molar-refractivity contribution is 0.414. The summed E-state index contributed by atoms with van der Waals surface area (Å²) < 4.78 is 33.1. The molecule has 0 fully saturated rings. The molecule has 0 saturated heterocycles. The summed E-state index contributed by atoms with van der Waals surface area (Å²) in [5, 5.41) is 7.07. The minimum atomic E-state index is -0.947. The normalized spacial score (nSPS) is 10.6. The first-order valence-corrected chi connectivity index (χ1v) is 7.76. The standard InChI is InChI=1S/C18H16F2N4O2/c1-11-7-13(26-2)4-6-16(11)22-18-23-17(25)9-21-24(18)10-12-3-5-14(19)15(20)8-12/h3-9H,10H2,1-2H3,(H,22,23,25). The number of aromatic nitrogens is 3. The van der Waals surface area contributed by atoms with Crippen molar-refractivity contribution in [1.82, 2.24) is 14.8 Å². The average molecular weight is 358 g/mol. The van der Waals surface area contributed by atoms with Crippen LogP contribution in [0.15, 0.2) is 47.4 Å². The molecule has 8 heteroatoms. The Kier molecular flexibility index (Phi) is 4.92. The van der Waals surface area contributed by atoms with E-state index in [4.69, 9.17) is 4.74 Å². The van der Waals surface area contributed by atoms with E-state index in [-0.39, 0.29) is 12.5 Å². The minimum absolute atomic E-state index is 0.113. The first-order chi connectivity index (χ1) is 12.5. The Bertz CT molecular complexity index is 1000. The molecule has 0 radical (unpaired) electrons. The largest absolute Gasteiger partial charge is 0.497 e. The highest BCUT2D eigenvalue weighted by Crippen LogP contribution is 2.23. The van der Waals surface area contributed by atoms with Crippen molar-refractivity contribution in [3.8, 4) is 5.75 Å². The number of nitrogens with one attached hydrogen (secondary N) is 1. The molecule has 0 aliphatic heterocycles. The van der Waals surface area contributed by atoms with Crippen molar-refractivity contribution in [1.29, 1.82) is 0 Å². The number of ether oxygens (including phenoxy) is 1. The summed E-state index contributed by atoms with van der Waals surface area (Å²) in [5.41, 5.74) is 1.56. The SMILES string of the molecule is COc1ccc(Nc2nc(=O)cnn2Cc2ccc(F)c(F)c2)c(C)c1. The van der Waals surface area contributed by atoms with Crippen LogP contribution in [0.3, 0.4) is 0 Å². The van der Waals surface area contributed by atoms with Gasteiger partial charge in [0.2, 0.25) is 5.95 Å². The zero-order valence-electron chi connectivity index (χ0n) is 14.2. The molecule has 1 heterocycles. The van der Waals surface area contributed by atoms with Crippen molar-refractivity contribution in [2.45, 2.75) is 13.5 Å². The molecule has 1 aromatic heterocycles. The van der Waals surface area contributed by atoms with E-state index in [0.29, 0.717) is 17.0 Å². The van der Waals surface area contributed by atoms with Gasteiger partial charge in [0.15, 0.2) is 11.6 Å². The number of nitrogens with zero attached hydrogens (tertiary/aromatic N) is 3. The Morgan fingerprint density at radius 2 is 1.96 bits per heavy atom. The van der Waals surface area contributed by atoms with Crippen molar-refractivity contribution in [2.75, 3.05) is 12.4 Å². The Balaban J connectivity index is 1.93. The van der Waals surface area contributed by atoms with Crippen LogP contribution >= 0.6 is 0 Å². The average Bonchev–Trinajstić information content (AvgIpc) is 2.62. The van der Waals surface area contributed by atoms with Crippen LogP contribution in [0.4, 0.5) is 20.4 Å². The zero-order valence-corrected chi connectivity index (χ0v) is 14.2. The highest BCUT2D eigenvalue weighted by atomic mass is 19.2. The van der Waals surface area contributed by atoms with Crippen LogP contribution < -0.4 is 15.6 Å². The van der Waals surface area contributed by atoms with Gasteiger partial charge in [0.05, 0.1) is 13.7 Å². The van der Waals surface area contributed by atoms with Crippen LogP contribution in [0.1, 0.15) is 11.1 Å². The van der Waals surface area contributed by atoms with Gasteiger partial charge < -0.3 is 10.1 Å². The maximum Gasteiger partial charge on any atom is 0.293 e. The molecule has 1 N–H and O–H groups in total. The molecule has 2 aromatic carbocycles. The molecule has 0 atom stereocenters. The molecule has 0 spiro atoms. The molecule has 3 aromatic rings. The molecule has 3 rings (SSSR count). The Hall–Kier alpha value is -3.29. The van der Waals surface area contributed by atoms with Crippen LogP contribution in [0.2, 0.25) is 0 Å². The van der Waals surface area contributed by atoms with Gasteiger partial charge in [0.1, 0.15) is 11.9 Å². The van der Waals surface area contributed by atoms with Gasteiger partial charge in [-0.05, 0) is 48.4 Å². The van der Waals surface area contributed by atoms with Crippen molar-refractivity contribution in [2.24, 2.45) is 0 Å². The number of hydrogen-bond acceptors (Lipinski definition) is 5. The van der Waals surface area contributed by atoms with Gasteiger partial charge in [-0.1, -0.05) is 6.07 Å². The number of aryl methyl sites for hydroxylation is 1. The molecule has 6 nitrogen and oxygen atoms in total. The molecule has 0 amide bonds. The van der Waals surface area contributed by atoms with Gasteiger partial charge in [-0.15, -0.1) is 0 Å². The van der Waals surface area contributed by atoms with Gasteiger partial charge in [-0.3, -0.25) is 4.79 Å². The molecule has 0 bridgehead atoms. The van der Waals surface area contributed by atoms with Crippen LogP contribution in [-0.4, -0.2) is 21.9 Å². The smallest absolute Gasteiger partial charge is 0.293 e. The molecular weight excluding hydrogens is 342 g/mol. The van der Waals surface area contributed by atoms with E-state index in [2.05, 4.69) is 15.4 Å². The highest BCUT2D eigenvalue weighted by Gasteiger charge is 2.10. The van der Waals surface area contributed by atoms with Crippen LogP contribution in [0, 0.1) is 18.6 Å². The van der Waals surface area contributed by atoms with E-state index in [9.17, 15) is 13.6 Å². The van der Waals surface area contributed by atoms with E-state index in [0.717, 1.165) is 23.9 Å². The molecular formula is C18H16F2N4O2. The van der Waals surface area contributed by atoms with E-state index >= 15 is 0 Å². The first-order valence-electron chi connectivity index (χ1n) is 7.76. The van der Waals surface area contributed by atoms with E-state index in [1.54, 1.807) is 19.2 Å². The van der Waals surface area contributed by atoms with Crippen molar-refractivity contribution in [3.05, 3.63) is 75.7 Å². The third-order valence-electron chi connectivity index (χ3n) is 3.76. The number of hydrogen-bond donors (Lipinski definition) is 1. The summed E-state index contributed by atoms with van der Waals surface area (Å²) in [6, 6.07) is 8.95. The zero-order chi connectivity index (χ0) is 18.7. The maximum atomic E-state index is 13.4. The van der Waals surface area contributed by atoms with Gasteiger partial charge in [0.25, 0.3) is 5.56 Å².